The van der Waals surface area contributed by atoms with Crippen molar-refractivity contribution in [1.29, 1.82) is 0 Å². The van der Waals surface area contributed by atoms with Gasteiger partial charge in [-0.15, -0.1) is 0 Å². The third-order valence-corrected chi connectivity index (χ3v) is 4.22. The molecule has 1 aromatic carbocycles. The Balaban J connectivity index is 2.45. The van der Waals surface area contributed by atoms with Gasteiger partial charge in [0.1, 0.15) is 5.75 Å². The summed E-state index contributed by atoms with van der Waals surface area (Å²) in [6.07, 6.45) is 0.0173. The number of rotatable bonds is 8. The number of alkyl halides is 2. The maximum absolute atomic E-state index is 12.7. The van der Waals surface area contributed by atoms with E-state index in [2.05, 4.69) is 10.1 Å². The van der Waals surface area contributed by atoms with E-state index >= 15 is 0 Å². The van der Waals surface area contributed by atoms with Gasteiger partial charge in [-0.2, -0.15) is 8.78 Å². The van der Waals surface area contributed by atoms with Gasteiger partial charge in [0.05, 0.1) is 18.7 Å². The van der Waals surface area contributed by atoms with Gasteiger partial charge in [0.25, 0.3) is 0 Å². The molecule has 2 amide bonds. The predicted octanol–water partition coefficient (Wildman–Crippen LogP) is 2.67. The summed E-state index contributed by atoms with van der Waals surface area (Å²) < 4.78 is 34.8. The smallest absolute Gasteiger partial charge is 0.387 e. The number of urea groups is 1. The molecule has 1 aliphatic rings. The average Bonchev–Trinajstić information content (AvgIpc) is 2.63. The number of esters is 1. The number of carbonyl (C=O) groups excluding carboxylic acids is 2. The minimum Gasteiger partial charge on any atom is -0.481 e. The molecule has 0 aliphatic carbocycles. The lowest BCUT2D eigenvalue weighted by Crippen LogP contribution is -2.48. The van der Waals surface area contributed by atoms with E-state index in [1.54, 1.807) is 6.07 Å². The molecule has 152 valence electrons. The number of carbonyl (C=O) groups is 3. The molecule has 0 saturated carbocycles. The van der Waals surface area contributed by atoms with E-state index in [0.29, 0.717) is 0 Å². The number of nitrogens with one attached hydrogen (secondary N) is 1. The van der Waals surface area contributed by atoms with Crippen LogP contribution in [0.25, 0.3) is 0 Å². The molecule has 1 heterocycles. The Morgan fingerprint density at radius 3 is 2.61 bits per heavy atom. The average molecular weight is 398 g/mol. The van der Waals surface area contributed by atoms with Crippen LogP contribution in [-0.4, -0.2) is 48.2 Å². The van der Waals surface area contributed by atoms with Crippen LogP contribution in [0.2, 0.25) is 0 Å². The normalized spacial score (nSPS) is 16.8. The molecule has 0 aromatic heterocycles. The van der Waals surface area contributed by atoms with E-state index in [-0.39, 0.29) is 42.0 Å². The summed E-state index contributed by atoms with van der Waals surface area (Å²) in [4.78, 5) is 36.9. The van der Waals surface area contributed by atoms with Gasteiger partial charge < -0.3 is 19.9 Å². The van der Waals surface area contributed by atoms with Crippen molar-refractivity contribution in [3.8, 4) is 5.75 Å². The summed E-state index contributed by atoms with van der Waals surface area (Å²) >= 11 is 0. The standard InChI is InChI=1S/C18H20F2N2O6/c1-10-14(16(25)27-2)15(11-6-3-4-7-12(11)28-17(19)20)21-18(26)22(10)9-5-8-13(23)24/h3-4,6-7,15,17H,5,8-9H2,1-2H3,(H,21,26)(H,23,24)/t15-/m0/s1. The van der Waals surface area contributed by atoms with Gasteiger partial charge in [-0.3, -0.25) is 9.69 Å². The molecule has 2 N–H and O–H groups in total. The zero-order valence-electron chi connectivity index (χ0n) is 15.3. The number of aliphatic carboxylic acids is 1. The number of hydrogen-bond acceptors (Lipinski definition) is 5. The van der Waals surface area contributed by atoms with Crippen LogP contribution in [0.4, 0.5) is 13.6 Å². The highest BCUT2D eigenvalue weighted by molar-refractivity contribution is 5.95. The molecule has 10 heteroatoms. The lowest BCUT2D eigenvalue weighted by molar-refractivity contribution is -0.138. The number of benzene rings is 1. The van der Waals surface area contributed by atoms with Crippen molar-refractivity contribution in [2.75, 3.05) is 13.7 Å². The Morgan fingerprint density at radius 1 is 1.32 bits per heavy atom. The quantitative estimate of drug-likeness (QED) is 0.653. The molecular weight excluding hydrogens is 378 g/mol. The Bertz CT molecular complexity index is 796. The summed E-state index contributed by atoms with van der Waals surface area (Å²) in [6.45, 7) is -1.51. The van der Waals surface area contributed by atoms with Crippen molar-refractivity contribution in [1.82, 2.24) is 10.2 Å². The molecule has 0 bridgehead atoms. The molecule has 1 atom stereocenters. The molecule has 0 radical (unpaired) electrons. The summed E-state index contributed by atoms with van der Waals surface area (Å²) in [7, 11) is 1.16. The summed E-state index contributed by atoms with van der Waals surface area (Å²) in [5, 5.41) is 11.4. The molecule has 8 nitrogen and oxygen atoms in total. The Morgan fingerprint density at radius 2 is 2.00 bits per heavy atom. The van der Waals surface area contributed by atoms with Crippen molar-refractivity contribution in [3.05, 3.63) is 41.1 Å². The first-order valence-corrected chi connectivity index (χ1v) is 8.38. The van der Waals surface area contributed by atoms with Gasteiger partial charge >= 0.3 is 24.6 Å². The van der Waals surface area contributed by atoms with Crippen molar-refractivity contribution >= 4 is 18.0 Å². The SMILES string of the molecule is COC(=O)C1=C(C)N(CCCC(=O)O)C(=O)N[C@H]1c1ccccc1OC(F)F. The monoisotopic (exact) mass is 398 g/mol. The second-order valence-electron chi connectivity index (χ2n) is 5.94. The molecule has 0 unspecified atom stereocenters. The first kappa shape index (κ1) is 21.1. The lowest BCUT2D eigenvalue weighted by atomic mass is 9.94. The summed E-state index contributed by atoms with van der Waals surface area (Å²) in [6, 6.07) is 4.15. The minimum atomic E-state index is -3.08. The number of amides is 2. The van der Waals surface area contributed by atoms with E-state index in [1.807, 2.05) is 0 Å². The number of carboxylic acids is 1. The Kier molecular flexibility index (Phi) is 6.91. The third kappa shape index (κ3) is 4.76. The predicted molar refractivity (Wildman–Crippen MR) is 92.6 cm³/mol. The van der Waals surface area contributed by atoms with Crippen LogP contribution in [0, 0.1) is 0 Å². The number of carboxylic acid groups (broad SMARTS) is 1. The van der Waals surface area contributed by atoms with E-state index in [4.69, 9.17) is 9.84 Å². The number of hydrogen-bond donors (Lipinski definition) is 2. The Labute approximate surface area is 159 Å². The van der Waals surface area contributed by atoms with Crippen LogP contribution in [0.15, 0.2) is 35.5 Å². The minimum absolute atomic E-state index is 0.0442. The maximum atomic E-state index is 12.7. The first-order chi connectivity index (χ1) is 13.3. The lowest BCUT2D eigenvalue weighted by Gasteiger charge is -2.35. The first-order valence-electron chi connectivity index (χ1n) is 8.38. The van der Waals surface area contributed by atoms with Gasteiger partial charge in [0.2, 0.25) is 0 Å². The number of halogens is 2. The van der Waals surface area contributed by atoms with E-state index < -0.39 is 30.6 Å². The maximum Gasteiger partial charge on any atom is 0.387 e. The molecule has 0 fully saturated rings. The van der Waals surface area contributed by atoms with Crippen LogP contribution in [0.5, 0.6) is 5.75 Å². The van der Waals surface area contributed by atoms with Crippen LogP contribution >= 0.6 is 0 Å². The number of para-hydroxylation sites is 1. The van der Waals surface area contributed by atoms with Gasteiger partial charge in [-0.25, -0.2) is 9.59 Å². The van der Waals surface area contributed by atoms with Gasteiger partial charge in [-0.1, -0.05) is 18.2 Å². The zero-order chi connectivity index (χ0) is 20.8. The fourth-order valence-electron chi connectivity index (χ4n) is 2.97. The fourth-order valence-corrected chi connectivity index (χ4v) is 2.97. The van der Waals surface area contributed by atoms with Crippen LogP contribution in [0.3, 0.4) is 0 Å². The second kappa shape index (κ2) is 9.16. The van der Waals surface area contributed by atoms with Gasteiger partial charge in [0.15, 0.2) is 0 Å². The van der Waals surface area contributed by atoms with E-state index in [0.717, 1.165) is 7.11 Å². The van der Waals surface area contributed by atoms with Gasteiger partial charge in [-0.05, 0) is 19.4 Å². The van der Waals surface area contributed by atoms with Crippen LogP contribution in [0.1, 0.15) is 31.4 Å². The highest BCUT2D eigenvalue weighted by atomic mass is 19.3. The van der Waals surface area contributed by atoms with Gasteiger partial charge in [0, 0.05) is 24.2 Å². The van der Waals surface area contributed by atoms with Crippen molar-refractivity contribution in [2.24, 2.45) is 0 Å². The summed E-state index contributed by atoms with van der Waals surface area (Å²) in [5.41, 5.74) is 0.460. The molecular formula is C18H20F2N2O6. The number of allylic oxidation sites excluding steroid dienone is 1. The molecule has 0 spiro atoms. The van der Waals surface area contributed by atoms with Crippen LogP contribution in [-0.2, 0) is 14.3 Å². The van der Waals surface area contributed by atoms with Crippen molar-refractivity contribution in [2.45, 2.75) is 32.4 Å². The van der Waals surface area contributed by atoms with Crippen molar-refractivity contribution in [3.63, 3.8) is 0 Å². The van der Waals surface area contributed by atoms with E-state index in [9.17, 15) is 23.2 Å². The molecule has 1 aliphatic heterocycles. The molecule has 2 rings (SSSR count). The number of nitrogens with zero attached hydrogens (tertiary/aromatic N) is 1. The number of ether oxygens (including phenoxy) is 2. The second-order valence-corrected chi connectivity index (χ2v) is 5.94. The van der Waals surface area contributed by atoms with Crippen LogP contribution < -0.4 is 10.1 Å². The van der Waals surface area contributed by atoms with Crippen molar-refractivity contribution < 1.29 is 37.7 Å². The molecule has 1 aromatic rings. The van der Waals surface area contributed by atoms with E-state index in [1.165, 1.54) is 30.0 Å². The highest BCUT2D eigenvalue weighted by Crippen LogP contribution is 2.36. The zero-order valence-corrected chi connectivity index (χ0v) is 15.3. The fraction of sp³-hybridized carbons (Fsp3) is 0.389. The third-order valence-electron chi connectivity index (χ3n) is 4.22. The largest absolute Gasteiger partial charge is 0.481 e. The number of methoxy groups -OCH3 is 1. The molecule has 0 saturated heterocycles. The Hall–Kier alpha value is -3.17. The highest BCUT2D eigenvalue weighted by Gasteiger charge is 2.37. The topological polar surface area (TPSA) is 105 Å². The molecule has 28 heavy (non-hydrogen) atoms. The summed E-state index contributed by atoms with van der Waals surface area (Å²) in [5.74, 6) is -1.95.